The Bertz CT molecular complexity index is 432. The van der Waals surface area contributed by atoms with Gasteiger partial charge in [0.05, 0.1) is 18.2 Å². The predicted molar refractivity (Wildman–Crippen MR) is 77.1 cm³/mol. The molecule has 0 fully saturated rings. The highest BCUT2D eigenvalue weighted by Crippen LogP contribution is 2.18. The van der Waals surface area contributed by atoms with E-state index in [0.717, 1.165) is 37.9 Å². The molecule has 20 heavy (non-hydrogen) atoms. The SMILES string of the molecule is C[C@H](CCCc1cn2c(n1)CCCC2)[C@@H](O)CC(N)=O. The second kappa shape index (κ2) is 6.88. The van der Waals surface area contributed by atoms with Crippen LogP contribution in [0.5, 0.6) is 0 Å². The van der Waals surface area contributed by atoms with E-state index in [2.05, 4.69) is 15.7 Å². The summed E-state index contributed by atoms with van der Waals surface area (Å²) >= 11 is 0. The Morgan fingerprint density at radius 1 is 1.55 bits per heavy atom. The first kappa shape index (κ1) is 15.0. The average molecular weight is 279 g/mol. The van der Waals surface area contributed by atoms with Gasteiger partial charge in [0, 0.05) is 19.2 Å². The Labute approximate surface area is 120 Å². The topological polar surface area (TPSA) is 81.1 Å². The minimum absolute atomic E-state index is 0.0555. The molecule has 0 aromatic carbocycles. The number of aliphatic hydroxyl groups is 1. The van der Waals surface area contributed by atoms with E-state index in [1.807, 2.05) is 6.92 Å². The molecule has 0 unspecified atom stereocenters. The highest BCUT2D eigenvalue weighted by Gasteiger charge is 2.17. The zero-order valence-corrected chi connectivity index (χ0v) is 12.2. The van der Waals surface area contributed by atoms with Gasteiger partial charge in [0.15, 0.2) is 0 Å². The van der Waals surface area contributed by atoms with Gasteiger partial charge < -0.3 is 15.4 Å². The molecule has 0 bridgehead atoms. The lowest BCUT2D eigenvalue weighted by Gasteiger charge is -2.16. The van der Waals surface area contributed by atoms with Crippen molar-refractivity contribution in [2.45, 2.75) is 64.5 Å². The summed E-state index contributed by atoms with van der Waals surface area (Å²) in [5.74, 6) is 0.874. The number of carbonyl (C=O) groups is 1. The monoisotopic (exact) mass is 279 g/mol. The Morgan fingerprint density at radius 3 is 3.05 bits per heavy atom. The quantitative estimate of drug-likeness (QED) is 0.792. The molecule has 2 atom stereocenters. The molecule has 1 aliphatic rings. The Kier molecular flexibility index (Phi) is 5.17. The van der Waals surface area contributed by atoms with Crippen molar-refractivity contribution < 1.29 is 9.90 Å². The van der Waals surface area contributed by atoms with E-state index in [1.54, 1.807) is 0 Å². The van der Waals surface area contributed by atoms with Crippen LogP contribution in [0, 0.1) is 5.92 Å². The maximum absolute atomic E-state index is 10.8. The molecule has 2 heterocycles. The van der Waals surface area contributed by atoms with Gasteiger partial charge in [-0.05, 0) is 38.0 Å². The lowest BCUT2D eigenvalue weighted by molar-refractivity contribution is -0.120. The molecule has 112 valence electrons. The van der Waals surface area contributed by atoms with Crippen LogP contribution in [0.4, 0.5) is 0 Å². The number of aromatic nitrogens is 2. The van der Waals surface area contributed by atoms with Crippen LogP contribution >= 0.6 is 0 Å². The fourth-order valence-electron chi connectivity index (χ4n) is 2.80. The summed E-state index contributed by atoms with van der Waals surface area (Å²) in [6.07, 6.45) is 7.98. The Hall–Kier alpha value is -1.36. The summed E-state index contributed by atoms with van der Waals surface area (Å²) in [5, 5.41) is 9.80. The fraction of sp³-hybridized carbons (Fsp3) is 0.733. The van der Waals surface area contributed by atoms with Gasteiger partial charge in [-0.2, -0.15) is 0 Å². The number of carbonyl (C=O) groups excluding carboxylic acids is 1. The number of rotatable bonds is 7. The first-order valence-electron chi connectivity index (χ1n) is 7.57. The van der Waals surface area contributed by atoms with Crippen LogP contribution in [0.3, 0.4) is 0 Å². The number of nitrogens with zero attached hydrogens (tertiary/aromatic N) is 2. The normalized spacial score (nSPS) is 17.5. The minimum atomic E-state index is -0.622. The molecule has 2 rings (SSSR count). The second-order valence-corrected chi connectivity index (χ2v) is 5.91. The van der Waals surface area contributed by atoms with Gasteiger partial charge >= 0.3 is 0 Å². The third-order valence-electron chi connectivity index (χ3n) is 4.12. The summed E-state index contributed by atoms with van der Waals surface area (Å²) in [7, 11) is 0. The van der Waals surface area contributed by atoms with Crippen LogP contribution in [0.15, 0.2) is 6.20 Å². The maximum Gasteiger partial charge on any atom is 0.220 e. The van der Waals surface area contributed by atoms with E-state index in [4.69, 9.17) is 5.73 Å². The maximum atomic E-state index is 10.8. The molecule has 3 N–H and O–H groups in total. The highest BCUT2D eigenvalue weighted by molar-refractivity contribution is 5.74. The number of aryl methyl sites for hydroxylation is 3. The van der Waals surface area contributed by atoms with E-state index >= 15 is 0 Å². The lowest BCUT2D eigenvalue weighted by Crippen LogP contribution is -2.25. The summed E-state index contributed by atoms with van der Waals surface area (Å²) in [6, 6.07) is 0. The number of hydrogen-bond donors (Lipinski definition) is 2. The minimum Gasteiger partial charge on any atom is -0.392 e. The van der Waals surface area contributed by atoms with Crippen LogP contribution in [0.2, 0.25) is 0 Å². The molecule has 1 amide bonds. The summed E-state index contributed by atoms with van der Waals surface area (Å²) in [4.78, 5) is 15.4. The Morgan fingerprint density at radius 2 is 2.35 bits per heavy atom. The number of fused-ring (bicyclic) bond motifs is 1. The van der Waals surface area contributed by atoms with Crippen LogP contribution in [-0.4, -0.2) is 26.7 Å². The number of primary amides is 1. The summed E-state index contributed by atoms with van der Waals surface area (Å²) in [6.45, 7) is 3.06. The van der Waals surface area contributed by atoms with Crippen LogP contribution < -0.4 is 5.73 Å². The number of hydrogen-bond acceptors (Lipinski definition) is 3. The Balaban J connectivity index is 1.75. The van der Waals surface area contributed by atoms with Crippen molar-refractivity contribution in [2.75, 3.05) is 0 Å². The van der Waals surface area contributed by atoms with Crippen molar-refractivity contribution in [3.05, 3.63) is 17.7 Å². The van der Waals surface area contributed by atoms with E-state index in [1.165, 1.54) is 18.7 Å². The van der Waals surface area contributed by atoms with Crippen molar-refractivity contribution in [2.24, 2.45) is 11.7 Å². The standard InChI is InChI=1S/C15H25N3O2/c1-11(13(19)9-14(16)20)5-4-6-12-10-18-8-3-2-7-15(18)17-12/h10-11,13,19H,2-9H2,1H3,(H2,16,20)/t11-,13+/m1/s1. The van der Waals surface area contributed by atoms with E-state index in [0.29, 0.717) is 0 Å². The third kappa shape index (κ3) is 4.07. The molecule has 0 saturated heterocycles. The molecule has 0 saturated carbocycles. The molecule has 5 heteroatoms. The summed E-state index contributed by atoms with van der Waals surface area (Å²) < 4.78 is 2.27. The zero-order chi connectivity index (χ0) is 14.5. The first-order chi connectivity index (χ1) is 9.56. The van der Waals surface area contributed by atoms with Crippen molar-refractivity contribution in [1.29, 1.82) is 0 Å². The van der Waals surface area contributed by atoms with Crippen LogP contribution in [-0.2, 0) is 24.2 Å². The number of amides is 1. The molecule has 0 spiro atoms. The number of nitrogens with two attached hydrogens (primary N) is 1. The molecular formula is C15H25N3O2. The first-order valence-corrected chi connectivity index (χ1v) is 7.57. The predicted octanol–water partition coefficient (Wildman–Crippen LogP) is 1.41. The molecule has 1 aromatic rings. The number of imidazole rings is 1. The molecular weight excluding hydrogens is 254 g/mol. The van der Waals surface area contributed by atoms with E-state index in [9.17, 15) is 9.90 Å². The van der Waals surface area contributed by atoms with Crippen molar-refractivity contribution in [3.8, 4) is 0 Å². The lowest BCUT2D eigenvalue weighted by atomic mass is 9.95. The van der Waals surface area contributed by atoms with Crippen molar-refractivity contribution in [1.82, 2.24) is 9.55 Å². The van der Waals surface area contributed by atoms with Gasteiger partial charge in [0.1, 0.15) is 5.82 Å². The summed E-state index contributed by atoms with van der Waals surface area (Å²) in [5.41, 5.74) is 6.25. The van der Waals surface area contributed by atoms with Gasteiger partial charge in [-0.15, -0.1) is 0 Å². The van der Waals surface area contributed by atoms with Crippen molar-refractivity contribution in [3.63, 3.8) is 0 Å². The molecule has 1 aromatic heterocycles. The average Bonchev–Trinajstić information content (AvgIpc) is 2.80. The smallest absolute Gasteiger partial charge is 0.220 e. The van der Waals surface area contributed by atoms with Gasteiger partial charge in [0.25, 0.3) is 0 Å². The number of aliphatic hydroxyl groups excluding tert-OH is 1. The van der Waals surface area contributed by atoms with Gasteiger partial charge in [-0.25, -0.2) is 4.98 Å². The van der Waals surface area contributed by atoms with E-state index < -0.39 is 12.0 Å². The van der Waals surface area contributed by atoms with Gasteiger partial charge in [-0.3, -0.25) is 4.79 Å². The van der Waals surface area contributed by atoms with Crippen LogP contribution in [0.1, 0.15) is 50.5 Å². The molecule has 0 radical (unpaired) electrons. The van der Waals surface area contributed by atoms with Crippen LogP contribution in [0.25, 0.3) is 0 Å². The fourth-order valence-corrected chi connectivity index (χ4v) is 2.80. The zero-order valence-electron chi connectivity index (χ0n) is 12.2. The van der Waals surface area contributed by atoms with Gasteiger partial charge in [0.2, 0.25) is 5.91 Å². The third-order valence-corrected chi connectivity index (χ3v) is 4.12. The second-order valence-electron chi connectivity index (χ2n) is 5.91. The van der Waals surface area contributed by atoms with Gasteiger partial charge in [-0.1, -0.05) is 6.92 Å². The van der Waals surface area contributed by atoms with E-state index in [-0.39, 0.29) is 12.3 Å². The molecule has 0 aliphatic carbocycles. The molecule has 5 nitrogen and oxygen atoms in total. The molecule has 1 aliphatic heterocycles. The highest BCUT2D eigenvalue weighted by atomic mass is 16.3. The van der Waals surface area contributed by atoms with Crippen molar-refractivity contribution >= 4 is 5.91 Å². The largest absolute Gasteiger partial charge is 0.392 e.